The molecule has 1 heteroatoms. The molecule has 2 rings (SSSR count). The first-order valence-corrected chi connectivity index (χ1v) is 6.28. The highest BCUT2D eigenvalue weighted by atomic mass is 16.5. The van der Waals surface area contributed by atoms with Gasteiger partial charge in [0.25, 0.3) is 0 Å². The van der Waals surface area contributed by atoms with E-state index in [1.54, 1.807) is 0 Å². The van der Waals surface area contributed by atoms with E-state index in [0.717, 1.165) is 25.2 Å². The van der Waals surface area contributed by atoms with Crippen molar-refractivity contribution in [2.75, 3.05) is 6.61 Å². The summed E-state index contributed by atoms with van der Waals surface area (Å²) in [6.07, 6.45) is 2.22. The first-order chi connectivity index (χ1) is 7.52. The lowest BCUT2D eigenvalue weighted by Crippen LogP contribution is -2.25. The summed E-state index contributed by atoms with van der Waals surface area (Å²) in [5.74, 6) is 1.74. The molecule has 0 saturated heterocycles. The molecule has 0 N–H and O–H groups in total. The predicted molar refractivity (Wildman–Crippen MR) is 68.1 cm³/mol. The fourth-order valence-electron chi connectivity index (χ4n) is 2.55. The smallest absolute Gasteiger partial charge is 0.123 e. The molecule has 1 aliphatic heterocycles. The van der Waals surface area contributed by atoms with E-state index in [2.05, 4.69) is 45.9 Å². The number of ether oxygens (including phenoxy) is 1. The third-order valence-electron chi connectivity index (χ3n) is 3.57. The third-order valence-corrected chi connectivity index (χ3v) is 3.57. The highest BCUT2D eigenvalue weighted by Gasteiger charge is 2.31. The van der Waals surface area contributed by atoms with Gasteiger partial charge in [-0.2, -0.15) is 0 Å². The molecule has 1 heterocycles. The van der Waals surface area contributed by atoms with Crippen molar-refractivity contribution < 1.29 is 4.74 Å². The van der Waals surface area contributed by atoms with Crippen molar-refractivity contribution in [2.45, 2.75) is 46.5 Å². The van der Waals surface area contributed by atoms with Crippen LogP contribution in [0.25, 0.3) is 0 Å². The Bertz CT molecular complexity index is 374. The lowest BCUT2D eigenvalue weighted by molar-refractivity contribution is 0.203. The maximum Gasteiger partial charge on any atom is 0.123 e. The van der Waals surface area contributed by atoms with Crippen LogP contribution in [0.1, 0.15) is 51.2 Å². The topological polar surface area (TPSA) is 9.23 Å². The lowest BCUT2D eigenvalue weighted by atomic mass is 9.73. The zero-order valence-electron chi connectivity index (χ0n) is 10.8. The van der Waals surface area contributed by atoms with Crippen LogP contribution in [-0.4, -0.2) is 6.61 Å². The molecular weight excluding hydrogens is 196 g/mol. The van der Waals surface area contributed by atoms with Crippen molar-refractivity contribution in [1.29, 1.82) is 0 Å². The number of rotatable bonds is 1. The second-order valence-corrected chi connectivity index (χ2v) is 5.78. The van der Waals surface area contributed by atoms with E-state index < -0.39 is 0 Å². The highest BCUT2D eigenvalue weighted by Crippen LogP contribution is 2.44. The molecule has 1 unspecified atom stereocenters. The minimum absolute atomic E-state index is 0.326. The van der Waals surface area contributed by atoms with E-state index in [-0.39, 0.29) is 0 Å². The van der Waals surface area contributed by atoms with Crippen LogP contribution in [0.4, 0.5) is 0 Å². The van der Waals surface area contributed by atoms with Crippen LogP contribution in [0.3, 0.4) is 0 Å². The molecule has 88 valence electrons. The van der Waals surface area contributed by atoms with Gasteiger partial charge in [-0.3, -0.25) is 0 Å². The monoisotopic (exact) mass is 218 g/mol. The van der Waals surface area contributed by atoms with Crippen molar-refractivity contribution in [2.24, 2.45) is 5.41 Å². The van der Waals surface area contributed by atoms with E-state index in [4.69, 9.17) is 4.74 Å². The van der Waals surface area contributed by atoms with Gasteiger partial charge in [-0.25, -0.2) is 0 Å². The molecule has 1 nitrogen and oxygen atoms in total. The minimum Gasteiger partial charge on any atom is -0.493 e. The third kappa shape index (κ3) is 2.09. The van der Waals surface area contributed by atoms with Crippen LogP contribution in [0.2, 0.25) is 0 Å². The van der Waals surface area contributed by atoms with E-state index in [1.807, 2.05) is 0 Å². The molecule has 0 aromatic heterocycles. The van der Waals surface area contributed by atoms with Crippen LogP contribution in [0, 0.1) is 5.41 Å². The lowest BCUT2D eigenvalue weighted by Gasteiger charge is -2.35. The number of hydrogen-bond donors (Lipinski definition) is 0. The Kier molecular flexibility index (Phi) is 2.96. The zero-order valence-corrected chi connectivity index (χ0v) is 10.8. The molecule has 1 atom stereocenters. The minimum atomic E-state index is 0.326. The standard InChI is InChI=1S/C15H22O/c1-5-11-6-7-12-13(15(2,3)4)8-9-16-14(12)10-11/h6-7,10,13H,5,8-9H2,1-4H3. The summed E-state index contributed by atoms with van der Waals surface area (Å²) >= 11 is 0. The second-order valence-electron chi connectivity index (χ2n) is 5.78. The Labute approximate surface area is 98.8 Å². The summed E-state index contributed by atoms with van der Waals surface area (Å²) in [7, 11) is 0. The van der Waals surface area contributed by atoms with Crippen LogP contribution in [-0.2, 0) is 6.42 Å². The Hall–Kier alpha value is -0.980. The molecule has 1 aromatic carbocycles. The Balaban J connectivity index is 2.40. The molecule has 0 amide bonds. The summed E-state index contributed by atoms with van der Waals surface area (Å²) in [6.45, 7) is 10.0. The van der Waals surface area contributed by atoms with Crippen molar-refractivity contribution in [3.63, 3.8) is 0 Å². The summed E-state index contributed by atoms with van der Waals surface area (Å²) in [5.41, 5.74) is 3.09. The van der Waals surface area contributed by atoms with Gasteiger partial charge in [0.15, 0.2) is 0 Å². The van der Waals surface area contributed by atoms with E-state index >= 15 is 0 Å². The molecule has 0 bridgehead atoms. The SMILES string of the molecule is CCc1ccc2c(c1)OCCC2C(C)(C)C. The molecule has 0 spiro atoms. The fraction of sp³-hybridized carbons (Fsp3) is 0.600. The fourth-order valence-corrected chi connectivity index (χ4v) is 2.55. The maximum absolute atomic E-state index is 5.79. The van der Waals surface area contributed by atoms with Gasteiger partial charge in [-0.05, 0) is 41.4 Å². The Morgan fingerprint density at radius 3 is 2.69 bits per heavy atom. The largest absolute Gasteiger partial charge is 0.493 e. The van der Waals surface area contributed by atoms with Gasteiger partial charge in [0.05, 0.1) is 6.61 Å². The highest BCUT2D eigenvalue weighted by molar-refractivity contribution is 5.42. The molecule has 0 aliphatic carbocycles. The van der Waals surface area contributed by atoms with Gasteiger partial charge < -0.3 is 4.74 Å². The van der Waals surface area contributed by atoms with E-state index in [0.29, 0.717) is 11.3 Å². The van der Waals surface area contributed by atoms with Crippen molar-refractivity contribution >= 4 is 0 Å². The molecule has 0 radical (unpaired) electrons. The van der Waals surface area contributed by atoms with Crippen LogP contribution < -0.4 is 4.74 Å². The van der Waals surface area contributed by atoms with Crippen molar-refractivity contribution in [1.82, 2.24) is 0 Å². The number of benzene rings is 1. The van der Waals surface area contributed by atoms with Gasteiger partial charge in [-0.1, -0.05) is 39.8 Å². The molecule has 0 saturated carbocycles. The van der Waals surface area contributed by atoms with Gasteiger partial charge in [0.2, 0.25) is 0 Å². The van der Waals surface area contributed by atoms with Crippen molar-refractivity contribution in [3.8, 4) is 5.75 Å². The zero-order chi connectivity index (χ0) is 11.8. The van der Waals surface area contributed by atoms with Gasteiger partial charge in [0, 0.05) is 0 Å². The Morgan fingerprint density at radius 2 is 2.06 bits per heavy atom. The average Bonchev–Trinajstić information content (AvgIpc) is 2.26. The van der Waals surface area contributed by atoms with Gasteiger partial charge >= 0.3 is 0 Å². The molecule has 1 aromatic rings. The molecule has 0 fully saturated rings. The van der Waals surface area contributed by atoms with Gasteiger partial charge in [-0.15, -0.1) is 0 Å². The predicted octanol–water partition coefficient (Wildman–Crippen LogP) is 4.16. The summed E-state index contributed by atoms with van der Waals surface area (Å²) < 4.78 is 5.79. The molecular formula is C15H22O. The van der Waals surface area contributed by atoms with Crippen LogP contribution >= 0.6 is 0 Å². The normalized spacial score (nSPS) is 20.1. The number of fused-ring (bicyclic) bond motifs is 1. The van der Waals surface area contributed by atoms with E-state index in [1.165, 1.54) is 11.1 Å². The quantitative estimate of drug-likeness (QED) is 0.687. The van der Waals surface area contributed by atoms with Gasteiger partial charge in [0.1, 0.15) is 5.75 Å². The second kappa shape index (κ2) is 4.12. The van der Waals surface area contributed by atoms with Crippen LogP contribution in [0.15, 0.2) is 18.2 Å². The number of hydrogen-bond acceptors (Lipinski definition) is 1. The molecule has 16 heavy (non-hydrogen) atoms. The summed E-state index contributed by atoms with van der Waals surface area (Å²) in [5, 5.41) is 0. The Morgan fingerprint density at radius 1 is 1.31 bits per heavy atom. The van der Waals surface area contributed by atoms with Crippen molar-refractivity contribution in [3.05, 3.63) is 29.3 Å². The van der Waals surface area contributed by atoms with Crippen LogP contribution in [0.5, 0.6) is 5.75 Å². The average molecular weight is 218 g/mol. The number of aryl methyl sites for hydroxylation is 1. The van der Waals surface area contributed by atoms with E-state index in [9.17, 15) is 0 Å². The maximum atomic E-state index is 5.79. The first-order valence-electron chi connectivity index (χ1n) is 6.28. The summed E-state index contributed by atoms with van der Waals surface area (Å²) in [6, 6.07) is 6.72. The first kappa shape index (κ1) is 11.5. The summed E-state index contributed by atoms with van der Waals surface area (Å²) in [4.78, 5) is 0. The molecule has 1 aliphatic rings.